The quantitative estimate of drug-likeness (QED) is 0.642. The molecule has 7 rings (SSSR count). The number of nitrogens with zero attached hydrogens (tertiary/aromatic N) is 4. The summed E-state index contributed by atoms with van der Waals surface area (Å²) in [7, 11) is 0. The minimum atomic E-state index is 0.183. The summed E-state index contributed by atoms with van der Waals surface area (Å²) in [5.74, 6) is 3.61. The number of rotatable bonds is 4. The number of carbonyl (C=O) groups excluding carboxylic acids is 1. The van der Waals surface area contributed by atoms with Gasteiger partial charge in [0.05, 0.1) is 0 Å². The van der Waals surface area contributed by atoms with E-state index in [1.165, 1.54) is 49.9 Å². The molecule has 1 amide bonds. The van der Waals surface area contributed by atoms with Crippen LogP contribution in [0.25, 0.3) is 15.5 Å². The topological polar surface area (TPSA) is 72.2 Å². The van der Waals surface area contributed by atoms with Crippen LogP contribution in [-0.2, 0) is 4.79 Å². The van der Waals surface area contributed by atoms with Gasteiger partial charge < -0.3 is 5.32 Å². The molecular formula is C23H27N5OS. The molecule has 0 saturated heterocycles. The highest BCUT2D eigenvalue weighted by Crippen LogP contribution is 2.61. The largest absolute Gasteiger partial charge is 0.326 e. The fourth-order valence-electron chi connectivity index (χ4n) is 6.81. The minimum absolute atomic E-state index is 0.183. The Morgan fingerprint density at radius 2 is 1.83 bits per heavy atom. The van der Waals surface area contributed by atoms with E-state index >= 15 is 0 Å². The molecule has 0 atom stereocenters. The van der Waals surface area contributed by atoms with Gasteiger partial charge in [0.25, 0.3) is 0 Å². The third kappa shape index (κ3) is 3.06. The van der Waals surface area contributed by atoms with Crippen molar-refractivity contribution in [1.82, 2.24) is 19.8 Å². The molecule has 4 saturated carbocycles. The van der Waals surface area contributed by atoms with E-state index in [2.05, 4.69) is 33.6 Å². The zero-order chi connectivity index (χ0) is 20.5. The molecule has 2 aromatic heterocycles. The average molecular weight is 422 g/mol. The monoisotopic (exact) mass is 421 g/mol. The SMILES string of the molecule is Cc1cc(-c2nn3c(C)nnc3s2)ccc1NC(=O)CC12CC3CC(CC(C3)C1)C2. The Labute approximate surface area is 180 Å². The van der Waals surface area contributed by atoms with Crippen LogP contribution in [0.1, 0.15) is 56.3 Å². The van der Waals surface area contributed by atoms with Crippen molar-refractivity contribution in [3.05, 3.63) is 29.6 Å². The Hall–Kier alpha value is -2.28. The molecule has 7 heteroatoms. The second-order valence-corrected chi connectivity index (χ2v) is 11.0. The van der Waals surface area contributed by atoms with Gasteiger partial charge in [-0.3, -0.25) is 4.79 Å². The maximum atomic E-state index is 13.0. The summed E-state index contributed by atoms with van der Waals surface area (Å²) in [6, 6.07) is 6.15. The molecule has 0 spiro atoms. The van der Waals surface area contributed by atoms with Gasteiger partial charge in [0.2, 0.25) is 10.9 Å². The maximum absolute atomic E-state index is 13.0. The van der Waals surface area contributed by atoms with Crippen LogP contribution in [0.4, 0.5) is 5.69 Å². The summed E-state index contributed by atoms with van der Waals surface area (Å²) in [4.78, 5) is 13.8. The van der Waals surface area contributed by atoms with Gasteiger partial charge in [-0.15, -0.1) is 10.2 Å². The van der Waals surface area contributed by atoms with E-state index in [-0.39, 0.29) is 11.3 Å². The summed E-state index contributed by atoms with van der Waals surface area (Å²) < 4.78 is 1.77. The van der Waals surface area contributed by atoms with Gasteiger partial charge in [-0.05, 0) is 99.3 Å². The van der Waals surface area contributed by atoms with Gasteiger partial charge in [-0.1, -0.05) is 11.3 Å². The minimum Gasteiger partial charge on any atom is -0.326 e. The zero-order valence-electron chi connectivity index (χ0n) is 17.5. The zero-order valence-corrected chi connectivity index (χ0v) is 18.3. The molecule has 3 aromatic rings. The molecule has 0 aliphatic heterocycles. The fourth-order valence-corrected chi connectivity index (χ4v) is 7.69. The number of benzene rings is 1. The molecule has 4 bridgehead atoms. The first-order valence-electron chi connectivity index (χ1n) is 11.1. The van der Waals surface area contributed by atoms with Crippen molar-refractivity contribution in [2.24, 2.45) is 23.2 Å². The second kappa shape index (κ2) is 6.61. The van der Waals surface area contributed by atoms with Crippen LogP contribution < -0.4 is 5.32 Å². The predicted octanol–water partition coefficient (Wildman–Crippen LogP) is 5.01. The summed E-state index contributed by atoms with van der Waals surface area (Å²) >= 11 is 1.53. The van der Waals surface area contributed by atoms with Gasteiger partial charge >= 0.3 is 0 Å². The summed E-state index contributed by atoms with van der Waals surface area (Å²) in [5.41, 5.74) is 3.29. The van der Waals surface area contributed by atoms with Crippen molar-refractivity contribution in [3.63, 3.8) is 0 Å². The van der Waals surface area contributed by atoms with Crippen molar-refractivity contribution in [1.29, 1.82) is 0 Å². The van der Waals surface area contributed by atoms with Gasteiger partial charge in [0.1, 0.15) is 5.01 Å². The first-order valence-corrected chi connectivity index (χ1v) is 11.9. The fraction of sp³-hybridized carbons (Fsp3) is 0.565. The molecule has 2 heterocycles. The van der Waals surface area contributed by atoms with Crippen LogP contribution in [0, 0.1) is 37.0 Å². The van der Waals surface area contributed by atoms with E-state index < -0.39 is 0 Å². The molecule has 0 unspecified atom stereocenters. The Balaban J connectivity index is 1.18. The Kier molecular flexibility index (Phi) is 4.07. The number of aryl methyl sites for hydroxylation is 2. The summed E-state index contributed by atoms with van der Waals surface area (Å²) in [6.07, 6.45) is 8.74. The first kappa shape index (κ1) is 18.5. The molecule has 30 heavy (non-hydrogen) atoms. The summed E-state index contributed by atoms with van der Waals surface area (Å²) in [5, 5.41) is 16.9. The van der Waals surface area contributed by atoms with Gasteiger partial charge in [-0.2, -0.15) is 9.61 Å². The van der Waals surface area contributed by atoms with E-state index in [0.29, 0.717) is 6.42 Å². The Morgan fingerprint density at radius 1 is 1.13 bits per heavy atom. The van der Waals surface area contributed by atoms with E-state index in [1.54, 1.807) is 4.52 Å². The number of carbonyl (C=O) groups is 1. The van der Waals surface area contributed by atoms with Crippen molar-refractivity contribution < 1.29 is 4.79 Å². The summed E-state index contributed by atoms with van der Waals surface area (Å²) in [6.45, 7) is 3.95. The van der Waals surface area contributed by atoms with E-state index in [9.17, 15) is 4.79 Å². The Morgan fingerprint density at radius 3 is 2.47 bits per heavy atom. The number of anilines is 1. The lowest BCUT2D eigenvalue weighted by Crippen LogP contribution is -2.47. The lowest BCUT2D eigenvalue weighted by Gasteiger charge is -2.56. The van der Waals surface area contributed by atoms with Gasteiger partial charge in [0.15, 0.2) is 5.82 Å². The highest BCUT2D eigenvalue weighted by atomic mass is 32.1. The first-order chi connectivity index (χ1) is 14.5. The van der Waals surface area contributed by atoms with Crippen LogP contribution in [0.2, 0.25) is 0 Å². The Bertz CT molecular complexity index is 1110. The van der Waals surface area contributed by atoms with Crippen LogP contribution in [-0.4, -0.2) is 25.7 Å². The number of nitrogens with one attached hydrogen (secondary N) is 1. The number of amides is 1. The normalized spacial score (nSPS) is 29.6. The third-order valence-corrected chi connectivity index (χ3v) is 8.54. The second-order valence-electron chi connectivity index (χ2n) is 10.0. The van der Waals surface area contributed by atoms with Crippen molar-refractivity contribution in [2.45, 2.75) is 58.8 Å². The van der Waals surface area contributed by atoms with Crippen molar-refractivity contribution >= 4 is 27.9 Å². The van der Waals surface area contributed by atoms with Crippen LogP contribution in [0.15, 0.2) is 18.2 Å². The highest BCUT2D eigenvalue weighted by Gasteiger charge is 2.51. The molecular weight excluding hydrogens is 394 g/mol. The molecule has 4 fully saturated rings. The smallest absolute Gasteiger partial charge is 0.234 e. The molecule has 0 radical (unpaired) electrons. The molecule has 4 aliphatic rings. The van der Waals surface area contributed by atoms with Gasteiger partial charge in [0, 0.05) is 17.7 Å². The lowest BCUT2D eigenvalue weighted by atomic mass is 9.49. The standard InChI is InChI=1S/C23H27N5OS/c1-13-5-18(21-27-28-14(2)25-26-22(28)30-21)3-4-19(13)24-20(29)12-23-9-15-6-16(10-23)8-17(7-15)11-23/h3-5,15-17H,6-12H2,1-2H3,(H,24,29). The van der Waals surface area contributed by atoms with Crippen molar-refractivity contribution in [3.8, 4) is 10.6 Å². The van der Waals surface area contributed by atoms with Crippen LogP contribution in [0.5, 0.6) is 0 Å². The molecule has 6 nitrogen and oxygen atoms in total. The van der Waals surface area contributed by atoms with Gasteiger partial charge in [-0.25, -0.2) is 0 Å². The van der Waals surface area contributed by atoms with E-state index in [4.69, 9.17) is 0 Å². The number of aromatic nitrogens is 4. The van der Waals surface area contributed by atoms with E-state index in [0.717, 1.165) is 50.4 Å². The number of fused-ring (bicyclic) bond motifs is 1. The molecule has 156 valence electrons. The average Bonchev–Trinajstić information content (AvgIpc) is 3.24. The predicted molar refractivity (Wildman–Crippen MR) is 117 cm³/mol. The third-order valence-electron chi connectivity index (χ3n) is 7.59. The van der Waals surface area contributed by atoms with Crippen LogP contribution >= 0.6 is 11.3 Å². The molecule has 1 N–H and O–H groups in total. The van der Waals surface area contributed by atoms with E-state index in [1.807, 2.05) is 19.1 Å². The highest BCUT2D eigenvalue weighted by molar-refractivity contribution is 7.19. The molecule has 1 aromatic carbocycles. The number of hydrogen-bond acceptors (Lipinski definition) is 5. The lowest BCUT2D eigenvalue weighted by molar-refractivity contribution is -0.124. The molecule has 4 aliphatic carbocycles. The van der Waals surface area contributed by atoms with Crippen LogP contribution in [0.3, 0.4) is 0 Å². The number of hydrogen-bond donors (Lipinski definition) is 1. The maximum Gasteiger partial charge on any atom is 0.234 e. The van der Waals surface area contributed by atoms with Crippen molar-refractivity contribution in [2.75, 3.05) is 5.32 Å².